The van der Waals surface area contributed by atoms with Gasteiger partial charge in [-0.2, -0.15) is 0 Å². The first-order valence-corrected chi connectivity index (χ1v) is 6.76. The van der Waals surface area contributed by atoms with Crippen molar-refractivity contribution in [1.82, 2.24) is 0 Å². The lowest BCUT2D eigenvalue weighted by Gasteiger charge is -2.24. The average molecular weight is 246 g/mol. The second kappa shape index (κ2) is 7.34. The number of hydrogen-bond acceptors (Lipinski definition) is 2. The molecule has 0 N–H and O–H groups in total. The highest BCUT2D eigenvalue weighted by Gasteiger charge is 2.18. The molecule has 2 rings (SSSR count). The minimum absolute atomic E-state index is 0.113. The maximum absolute atomic E-state index is 6.01. The molecule has 1 aromatic rings. The van der Waals surface area contributed by atoms with E-state index in [9.17, 15) is 0 Å². The van der Waals surface area contributed by atoms with Crippen LogP contribution >= 0.6 is 0 Å². The fourth-order valence-corrected chi connectivity index (χ4v) is 2.40. The number of allylic oxidation sites excluding steroid dienone is 1. The lowest BCUT2D eigenvalue weighted by molar-refractivity contribution is 0.0316. The second-order valence-electron chi connectivity index (χ2n) is 4.68. The molecule has 0 aliphatic heterocycles. The summed E-state index contributed by atoms with van der Waals surface area (Å²) in [7, 11) is 1.71. The lowest BCUT2D eigenvalue weighted by Crippen LogP contribution is -2.13. The van der Waals surface area contributed by atoms with Crippen LogP contribution < -0.4 is 0 Å². The average Bonchev–Trinajstić information content (AvgIpc) is 2.46. The number of methoxy groups -OCH3 is 1. The van der Waals surface area contributed by atoms with Gasteiger partial charge in [-0.25, -0.2) is 0 Å². The highest BCUT2D eigenvalue weighted by molar-refractivity contribution is 5.27. The van der Waals surface area contributed by atoms with Crippen molar-refractivity contribution in [3.63, 3.8) is 0 Å². The third kappa shape index (κ3) is 3.69. The summed E-state index contributed by atoms with van der Waals surface area (Å²) in [5.74, 6) is 0. The molecule has 0 radical (unpaired) electrons. The summed E-state index contributed by atoms with van der Waals surface area (Å²) in [6, 6.07) is 10.5. The van der Waals surface area contributed by atoms with Gasteiger partial charge in [0.1, 0.15) is 6.10 Å². The molecule has 1 aromatic carbocycles. The van der Waals surface area contributed by atoms with Crippen LogP contribution in [0.4, 0.5) is 0 Å². The molecule has 0 saturated heterocycles. The van der Waals surface area contributed by atoms with Crippen LogP contribution in [0.1, 0.15) is 37.4 Å². The van der Waals surface area contributed by atoms with E-state index in [0.29, 0.717) is 13.2 Å². The first kappa shape index (κ1) is 13.3. The molecule has 2 heteroatoms. The zero-order valence-corrected chi connectivity index (χ0v) is 11.1. The highest BCUT2D eigenvalue weighted by atomic mass is 16.5. The highest BCUT2D eigenvalue weighted by Crippen LogP contribution is 2.32. The second-order valence-corrected chi connectivity index (χ2v) is 4.68. The van der Waals surface area contributed by atoms with Crippen LogP contribution in [-0.2, 0) is 9.47 Å². The molecule has 0 amide bonds. The Morgan fingerprint density at radius 2 is 1.94 bits per heavy atom. The number of benzene rings is 1. The van der Waals surface area contributed by atoms with Gasteiger partial charge < -0.3 is 9.47 Å². The summed E-state index contributed by atoms with van der Waals surface area (Å²) < 4.78 is 11.1. The molecule has 0 aromatic heterocycles. The maximum atomic E-state index is 6.01. The molecule has 0 spiro atoms. The summed E-state index contributed by atoms with van der Waals surface area (Å²) in [5.41, 5.74) is 2.69. The molecule has 1 aliphatic rings. The summed E-state index contributed by atoms with van der Waals surface area (Å²) in [5, 5.41) is 0. The van der Waals surface area contributed by atoms with Crippen molar-refractivity contribution < 1.29 is 9.47 Å². The van der Waals surface area contributed by atoms with E-state index >= 15 is 0 Å². The maximum Gasteiger partial charge on any atom is 0.104 e. The van der Waals surface area contributed by atoms with Crippen LogP contribution in [0.2, 0.25) is 0 Å². The van der Waals surface area contributed by atoms with Crippen molar-refractivity contribution in [2.45, 2.75) is 31.8 Å². The predicted octanol–water partition coefficient (Wildman–Crippen LogP) is 3.89. The van der Waals surface area contributed by atoms with Crippen LogP contribution in [-0.4, -0.2) is 20.3 Å². The Morgan fingerprint density at radius 1 is 1.11 bits per heavy atom. The Hall–Kier alpha value is -1.12. The summed E-state index contributed by atoms with van der Waals surface area (Å²) in [4.78, 5) is 0. The van der Waals surface area contributed by atoms with Gasteiger partial charge in [0.15, 0.2) is 0 Å². The molecular weight excluding hydrogens is 224 g/mol. The third-order valence-electron chi connectivity index (χ3n) is 3.34. The third-order valence-corrected chi connectivity index (χ3v) is 3.34. The fourth-order valence-electron chi connectivity index (χ4n) is 2.40. The van der Waals surface area contributed by atoms with Crippen LogP contribution in [0, 0.1) is 0 Å². The quantitative estimate of drug-likeness (QED) is 0.560. The van der Waals surface area contributed by atoms with Crippen LogP contribution in [0.3, 0.4) is 0 Å². The van der Waals surface area contributed by atoms with E-state index in [0.717, 1.165) is 6.42 Å². The van der Waals surface area contributed by atoms with Crippen molar-refractivity contribution in [3.05, 3.63) is 47.5 Å². The van der Waals surface area contributed by atoms with Crippen molar-refractivity contribution in [2.24, 2.45) is 0 Å². The van der Waals surface area contributed by atoms with E-state index in [-0.39, 0.29) is 6.10 Å². The standard InChI is InChI=1S/C16H22O2/c1-17-12-13-18-16(14-8-4-2-5-9-14)15-10-6-3-7-11-15/h2,4-5,8-10,16H,3,6-7,11-13H2,1H3/t16-/m0/s1. The smallest absolute Gasteiger partial charge is 0.104 e. The van der Waals surface area contributed by atoms with E-state index in [4.69, 9.17) is 9.47 Å². The summed E-state index contributed by atoms with van der Waals surface area (Å²) >= 11 is 0. The van der Waals surface area contributed by atoms with Gasteiger partial charge in [-0.1, -0.05) is 36.4 Å². The van der Waals surface area contributed by atoms with Gasteiger partial charge in [-0.3, -0.25) is 0 Å². The molecule has 98 valence electrons. The number of ether oxygens (including phenoxy) is 2. The topological polar surface area (TPSA) is 18.5 Å². The van der Waals surface area contributed by atoms with Crippen LogP contribution in [0.5, 0.6) is 0 Å². The molecular formula is C16H22O2. The Morgan fingerprint density at radius 3 is 2.61 bits per heavy atom. The molecule has 0 bridgehead atoms. The van der Waals surface area contributed by atoms with Gasteiger partial charge in [-0.05, 0) is 36.8 Å². The Labute approximate surface area is 110 Å². The molecule has 0 saturated carbocycles. The summed E-state index contributed by atoms with van der Waals surface area (Å²) in [6.07, 6.45) is 7.40. The van der Waals surface area contributed by atoms with E-state index < -0.39 is 0 Å². The van der Waals surface area contributed by atoms with Crippen molar-refractivity contribution in [3.8, 4) is 0 Å². The monoisotopic (exact) mass is 246 g/mol. The largest absolute Gasteiger partial charge is 0.382 e. The Bertz CT molecular complexity index is 370. The fraction of sp³-hybridized carbons (Fsp3) is 0.500. The normalized spacial score (nSPS) is 17.3. The predicted molar refractivity (Wildman–Crippen MR) is 73.6 cm³/mol. The van der Waals surface area contributed by atoms with Gasteiger partial charge in [-0.15, -0.1) is 0 Å². The van der Waals surface area contributed by atoms with Gasteiger partial charge in [0.05, 0.1) is 13.2 Å². The number of hydrogen-bond donors (Lipinski definition) is 0. The first-order valence-electron chi connectivity index (χ1n) is 6.76. The summed E-state index contributed by atoms with van der Waals surface area (Å²) in [6.45, 7) is 1.30. The Kier molecular flexibility index (Phi) is 5.43. The van der Waals surface area contributed by atoms with Gasteiger partial charge in [0.25, 0.3) is 0 Å². The van der Waals surface area contributed by atoms with Crippen LogP contribution in [0.15, 0.2) is 42.0 Å². The molecule has 0 unspecified atom stereocenters. The van der Waals surface area contributed by atoms with Crippen molar-refractivity contribution in [2.75, 3.05) is 20.3 Å². The van der Waals surface area contributed by atoms with Crippen molar-refractivity contribution in [1.29, 1.82) is 0 Å². The van der Waals surface area contributed by atoms with Gasteiger partial charge in [0, 0.05) is 7.11 Å². The molecule has 1 atom stereocenters. The Balaban J connectivity index is 2.09. The molecule has 0 heterocycles. The zero-order valence-electron chi connectivity index (χ0n) is 11.1. The SMILES string of the molecule is COCCO[C@H](C1=CCCCC1)c1ccccc1. The molecule has 18 heavy (non-hydrogen) atoms. The zero-order chi connectivity index (χ0) is 12.6. The first-order chi connectivity index (χ1) is 8.92. The van der Waals surface area contributed by atoms with E-state index in [2.05, 4.69) is 30.3 Å². The van der Waals surface area contributed by atoms with E-state index in [1.165, 1.54) is 30.4 Å². The molecule has 1 aliphatic carbocycles. The van der Waals surface area contributed by atoms with Crippen LogP contribution in [0.25, 0.3) is 0 Å². The van der Waals surface area contributed by atoms with E-state index in [1.807, 2.05) is 6.07 Å². The lowest BCUT2D eigenvalue weighted by atomic mass is 9.91. The molecule has 2 nitrogen and oxygen atoms in total. The van der Waals surface area contributed by atoms with Gasteiger partial charge >= 0.3 is 0 Å². The molecule has 0 fully saturated rings. The van der Waals surface area contributed by atoms with E-state index in [1.54, 1.807) is 7.11 Å². The van der Waals surface area contributed by atoms with Gasteiger partial charge in [0.2, 0.25) is 0 Å². The minimum Gasteiger partial charge on any atom is -0.382 e. The minimum atomic E-state index is 0.113. The number of rotatable bonds is 6. The van der Waals surface area contributed by atoms with Crippen molar-refractivity contribution >= 4 is 0 Å².